The number of halogens is 4. The number of amides is 2. The van der Waals surface area contributed by atoms with Crippen molar-refractivity contribution < 1.29 is 32.3 Å². The number of fused-ring (bicyclic) bond motifs is 1. The molecule has 2 aliphatic carbocycles. The minimum absolute atomic E-state index is 0.0551. The first-order valence-corrected chi connectivity index (χ1v) is 12.0. The Hall–Kier alpha value is -3.20. The monoisotopic (exact) mass is 518 g/mol. The lowest BCUT2D eigenvalue weighted by Crippen LogP contribution is -2.33. The molecular weight excluding hydrogens is 497 g/mol. The maximum absolute atomic E-state index is 13.2. The number of carbonyl (C=O) groups excluding carboxylic acids is 3. The second-order valence-electron chi connectivity index (χ2n) is 9.52. The van der Waals surface area contributed by atoms with Crippen LogP contribution in [-0.2, 0) is 15.8 Å². The zero-order valence-electron chi connectivity index (χ0n) is 19.2. The fourth-order valence-electron chi connectivity index (χ4n) is 5.19. The average molecular weight is 519 g/mol. The number of imide groups is 1. The summed E-state index contributed by atoms with van der Waals surface area (Å²) in [6.45, 7) is 1.62. The molecule has 188 valence electrons. The standard InChI is InChI=1S/C26H22ClF3N2O4/c1-13-9-18(13)16-3-2-4-17-23(16)25(35)32(24(17)34)22-8-6-15(11-31-22)36-12-21(33)14-5-7-20(27)19(10-14)26(28,29)30/h2-3,5-8,10-11,13,16-18,23H,4,9,12H2,1H3/t13?,16-,17?,18?,23?/m1/s1. The van der Waals surface area contributed by atoms with Crippen molar-refractivity contribution in [3.05, 3.63) is 64.8 Å². The smallest absolute Gasteiger partial charge is 0.417 e. The van der Waals surface area contributed by atoms with Crippen LogP contribution in [0.25, 0.3) is 0 Å². The molecule has 1 aromatic carbocycles. The zero-order valence-corrected chi connectivity index (χ0v) is 19.9. The summed E-state index contributed by atoms with van der Waals surface area (Å²) in [7, 11) is 0. The SMILES string of the molecule is CC1CC1[C@H]1C=CCC2C(=O)N(c3ccc(OCC(=O)c4ccc(Cl)c(C(F)(F)F)c4)cn3)C(=O)C21. The first-order valence-electron chi connectivity index (χ1n) is 11.6. The lowest BCUT2D eigenvalue weighted by Gasteiger charge is -2.26. The van der Waals surface area contributed by atoms with Gasteiger partial charge < -0.3 is 4.74 Å². The van der Waals surface area contributed by atoms with Crippen LogP contribution in [0.5, 0.6) is 5.75 Å². The molecule has 6 nitrogen and oxygen atoms in total. The molecule has 5 atom stereocenters. The van der Waals surface area contributed by atoms with Gasteiger partial charge in [-0.25, -0.2) is 9.88 Å². The summed E-state index contributed by atoms with van der Waals surface area (Å²) in [5.41, 5.74) is -1.30. The number of Topliss-reactive ketones (excluding diaryl/α,β-unsaturated/α-hetero) is 1. The molecule has 1 aromatic heterocycles. The predicted octanol–water partition coefficient (Wildman–Crippen LogP) is 5.35. The first kappa shape index (κ1) is 24.5. The van der Waals surface area contributed by atoms with Gasteiger partial charge in [0, 0.05) is 5.56 Å². The van der Waals surface area contributed by atoms with Gasteiger partial charge in [0.1, 0.15) is 11.6 Å². The highest BCUT2D eigenvalue weighted by Gasteiger charge is 2.56. The van der Waals surface area contributed by atoms with Crippen LogP contribution in [-0.4, -0.2) is 29.2 Å². The molecule has 2 fully saturated rings. The van der Waals surface area contributed by atoms with Gasteiger partial charge in [-0.2, -0.15) is 13.2 Å². The second kappa shape index (κ2) is 9.03. The lowest BCUT2D eigenvalue weighted by atomic mass is 9.75. The molecule has 2 amide bonds. The second-order valence-corrected chi connectivity index (χ2v) is 9.93. The van der Waals surface area contributed by atoms with Gasteiger partial charge in [0.25, 0.3) is 0 Å². The number of hydrogen-bond acceptors (Lipinski definition) is 5. The van der Waals surface area contributed by atoms with Gasteiger partial charge in [0.2, 0.25) is 11.8 Å². The highest BCUT2D eigenvalue weighted by molar-refractivity contribution is 6.31. The van der Waals surface area contributed by atoms with Gasteiger partial charge in [-0.3, -0.25) is 14.4 Å². The van der Waals surface area contributed by atoms with Gasteiger partial charge in [-0.1, -0.05) is 30.7 Å². The molecule has 1 saturated carbocycles. The maximum Gasteiger partial charge on any atom is 0.417 e. The van der Waals surface area contributed by atoms with Crippen LogP contribution in [0.1, 0.15) is 35.7 Å². The van der Waals surface area contributed by atoms with Crippen molar-refractivity contribution in [3.63, 3.8) is 0 Å². The minimum atomic E-state index is -4.69. The van der Waals surface area contributed by atoms with Crippen LogP contribution in [0.3, 0.4) is 0 Å². The summed E-state index contributed by atoms with van der Waals surface area (Å²) in [4.78, 5) is 44.0. The van der Waals surface area contributed by atoms with E-state index in [1.165, 1.54) is 24.4 Å². The largest absolute Gasteiger partial charge is 0.484 e. The van der Waals surface area contributed by atoms with E-state index >= 15 is 0 Å². The molecule has 0 radical (unpaired) electrons. The molecule has 36 heavy (non-hydrogen) atoms. The van der Waals surface area contributed by atoms with Gasteiger partial charge >= 0.3 is 6.18 Å². The fraction of sp³-hybridized carbons (Fsp3) is 0.385. The Bertz CT molecular complexity index is 1260. The van der Waals surface area contributed by atoms with Gasteiger partial charge in [0.15, 0.2) is 12.4 Å². The van der Waals surface area contributed by atoms with E-state index in [1.54, 1.807) is 0 Å². The third kappa shape index (κ3) is 4.40. The Kier molecular flexibility index (Phi) is 6.14. The molecule has 3 aliphatic rings. The summed E-state index contributed by atoms with van der Waals surface area (Å²) >= 11 is 5.59. The van der Waals surface area contributed by atoms with E-state index in [-0.39, 0.29) is 40.8 Å². The van der Waals surface area contributed by atoms with Crippen LogP contribution in [0, 0.1) is 29.6 Å². The topological polar surface area (TPSA) is 76.6 Å². The highest BCUT2D eigenvalue weighted by Crippen LogP contribution is 2.53. The van der Waals surface area contributed by atoms with Crippen molar-refractivity contribution in [2.45, 2.75) is 25.9 Å². The molecule has 0 spiro atoms. The molecule has 5 rings (SSSR count). The van der Waals surface area contributed by atoms with Crippen LogP contribution >= 0.6 is 11.6 Å². The number of hydrogen-bond donors (Lipinski definition) is 0. The normalized spacial score (nSPS) is 27.2. The van der Waals surface area contributed by atoms with Crippen molar-refractivity contribution in [3.8, 4) is 5.75 Å². The van der Waals surface area contributed by atoms with Crippen LogP contribution < -0.4 is 9.64 Å². The molecule has 0 bridgehead atoms. The van der Waals surface area contributed by atoms with Crippen molar-refractivity contribution in [1.29, 1.82) is 0 Å². The van der Waals surface area contributed by atoms with E-state index < -0.39 is 35.1 Å². The van der Waals surface area contributed by atoms with Gasteiger partial charge in [0.05, 0.1) is 28.6 Å². The molecule has 10 heteroatoms. The molecular formula is C26H22ClF3N2O4. The molecule has 0 N–H and O–H groups in total. The highest BCUT2D eigenvalue weighted by atomic mass is 35.5. The fourth-order valence-corrected chi connectivity index (χ4v) is 5.42. The summed E-state index contributed by atoms with van der Waals surface area (Å²) in [6.07, 6.45) is 2.22. The van der Waals surface area contributed by atoms with E-state index in [0.717, 1.165) is 17.4 Å². The third-order valence-electron chi connectivity index (χ3n) is 7.22. The van der Waals surface area contributed by atoms with E-state index in [0.29, 0.717) is 24.3 Å². The van der Waals surface area contributed by atoms with E-state index in [1.807, 2.05) is 6.08 Å². The van der Waals surface area contributed by atoms with E-state index in [4.69, 9.17) is 16.3 Å². The number of rotatable bonds is 6. The Morgan fingerprint density at radius 3 is 2.58 bits per heavy atom. The van der Waals surface area contributed by atoms with Crippen molar-refractivity contribution in [1.82, 2.24) is 4.98 Å². The molecule has 1 saturated heterocycles. The van der Waals surface area contributed by atoms with Crippen LogP contribution in [0.2, 0.25) is 5.02 Å². The summed E-state index contributed by atoms with van der Waals surface area (Å²) in [5.74, 6) is -0.619. The van der Waals surface area contributed by atoms with Crippen LogP contribution in [0.15, 0.2) is 48.7 Å². The van der Waals surface area contributed by atoms with Crippen molar-refractivity contribution >= 4 is 35.0 Å². The number of ether oxygens (including phenoxy) is 1. The quantitative estimate of drug-likeness (QED) is 0.292. The number of pyridine rings is 1. The predicted molar refractivity (Wildman–Crippen MR) is 125 cm³/mol. The maximum atomic E-state index is 13.2. The summed E-state index contributed by atoms with van der Waals surface area (Å²) in [6, 6.07) is 5.81. The number of aromatic nitrogens is 1. The first-order chi connectivity index (χ1) is 17.1. The van der Waals surface area contributed by atoms with E-state index in [2.05, 4.69) is 18.0 Å². The minimum Gasteiger partial charge on any atom is -0.484 e. The Balaban J connectivity index is 1.26. The van der Waals surface area contributed by atoms with Gasteiger partial charge in [-0.05, 0) is 60.9 Å². The number of anilines is 1. The lowest BCUT2D eigenvalue weighted by molar-refractivity contribution is -0.137. The number of alkyl halides is 3. The van der Waals surface area contributed by atoms with Gasteiger partial charge in [-0.15, -0.1) is 0 Å². The Labute approximate surface area is 210 Å². The molecule has 4 unspecified atom stereocenters. The Morgan fingerprint density at radius 2 is 1.94 bits per heavy atom. The van der Waals surface area contributed by atoms with Crippen molar-refractivity contribution in [2.75, 3.05) is 11.5 Å². The van der Waals surface area contributed by atoms with Crippen LogP contribution in [0.4, 0.5) is 19.0 Å². The summed E-state index contributed by atoms with van der Waals surface area (Å²) < 4.78 is 44.5. The van der Waals surface area contributed by atoms with E-state index in [9.17, 15) is 27.6 Å². The summed E-state index contributed by atoms with van der Waals surface area (Å²) in [5, 5.41) is -0.501. The average Bonchev–Trinajstić information content (AvgIpc) is 3.52. The third-order valence-corrected chi connectivity index (χ3v) is 7.55. The number of ketones is 1. The number of allylic oxidation sites excluding steroid dienone is 2. The molecule has 2 aromatic rings. The number of nitrogens with zero attached hydrogens (tertiary/aromatic N) is 2. The number of carbonyl (C=O) groups is 3. The van der Waals surface area contributed by atoms with Crippen molar-refractivity contribution in [2.24, 2.45) is 29.6 Å². The zero-order chi connectivity index (χ0) is 25.8. The number of benzene rings is 1. The molecule has 1 aliphatic heterocycles. The molecule has 2 heterocycles. The Morgan fingerprint density at radius 1 is 1.19 bits per heavy atom.